The summed E-state index contributed by atoms with van der Waals surface area (Å²) in [5.41, 5.74) is 5.90. The van der Waals surface area contributed by atoms with Gasteiger partial charge in [-0.3, -0.25) is 14.7 Å². The summed E-state index contributed by atoms with van der Waals surface area (Å²) >= 11 is 0. The molecule has 2 N–H and O–H groups in total. The Morgan fingerprint density at radius 2 is 1.69 bits per heavy atom. The number of aromatic amines is 1. The second kappa shape index (κ2) is 16.2. The number of fused-ring (bicyclic) bond motifs is 1. The Kier molecular flexibility index (Phi) is 11.3. The van der Waals surface area contributed by atoms with Crippen molar-refractivity contribution in [3.63, 3.8) is 0 Å². The normalized spacial score (nSPS) is 14.9. The summed E-state index contributed by atoms with van der Waals surface area (Å²) in [4.78, 5) is 31.4. The number of imidazole rings is 1. The Hall–Kier alpha value is -5.29. The number of nitrogens with zero attached hydrogens (tertiary/aromatic N) is 4. The van der Waals surface area contributed by atoms with Crippen molar-refractivity contribution in [1.82, 2.24) is 24.8 Å². The fourth-order valence-electron chi connectivity index (χ4n) is 7.29. The van der Waals surface area contributed by atoms with Gasteiger partial charge in [-0.1, -0.05) is 37.3 Å². The summed E-state index contributed by atoms with van der Waals surface area (Å²) in [7, 11) is 8.23. The summed E-state index contributed by atoms with van der Waals surface area (Å²) < 4.78 is 22.1. The average molecular weight is 693 g/mol. The summed E-state index contributed by atoms with van der Waals surface area (Å²) in [6.45, 7) is 3.78. The molecule has 6 rings (SSSR count). The topological polar surface area (TPSA) is 114 Å². The molecule has 5 aromatic rings. The van der Waals surface area contributed by atoms with Gasteiger partial charge in [-0.2, -0.15) is 0 Å². The van der Waals surface area contributed by atoms with Crippen LogP contribution >= 0.6 is 0 Å². The molecule has 11 heteroatoms. The lowest BCUT2D eigenvalue weighted by Gasteiger charge is -2.45. The molecule has 3 aromatic carbocycles. The number of carbonyl (C=O) groups is 1. The van der Waals surface area contributed by atoms with Crippen LogP contribution in [0.4, 0.5) is 5.95 Å². The van der Waals surface area contributed by atoms with E-state index in [1.165, 1.54) is 0 Å². The van der Waals surface area contributed by atoms with E-state index in [4.69, 9.17) is 23.9 Å². The lowest BCUT2D eigenvalue weighted by molar-refractivity contribution is 0.0200. The molecule has 2 aromatic heterocycles. The molecule has 51 heavy (non-hydrogen) atoms. The Labute approximate surface area is 299 Å². The van der Waals surface area contributed by atoms with Crippen molar-refractivity contribution in [2.45, 2.75) is 50.7 Å². The first kappa shape index (κ1) is 35.5. The number of hydrogen-bond acceptors (Lipinski definition) is 9. The number of amides is 1. The standard InChI is InChI=1S/C40H48N6O5/c1-7-32(27-13-15-31(48-3)16-14-27)38(45(2)39(47)29-23-34(49-4)37(51-6)35(24-29)50-5)46-20-17-30(18-21-46)42-40-43-33-12-8-11-28(36(33)44-40)22-26-10-9-19-41-25-26/h8-16,19,23-25,30,32,38H,7,17-18,20-22H2,1-6H3,(H2,42,43,44). The van der Waals surface area contributed by atoms with Crippen molar-refractivity contribution in [3.05, 3.63) is 101 Å². The van der Waals surface area contributed by atoms with Crippen LogP contribution in [0.3, 0.4) is 0 Å². The number of ether oxygens (including phenoxy) is 4. The van der Waals surface area contributed by atoms with Gasteiger partial charge in [-0.05, 0) is 72.4 Å². The Morgan fingerprint density at radius 3 is 2.29 bits per heavy atom. The number of likely N-dealkylation sites (tertiary alicyclic amines) is 1. The fourth-order valence-corrected chi connectivity index (χ4v) is 7.29. The predicted molar refractivity (Wildman–Crippen MR) is 199 cm³/mol. The smallest absolute Gasteiger partial charge is 0.255 e. The fraction of sp³-hybridized carbons (Fsp3) is 0.375. The number of likely N-dealkylation sites (N-methyl/N-ethyl adjacent to an activating group) is 1. The zero-order valence-corrected chi connectivity index (χ0v) is 30.3. The number of carbonyl (C=O) groups excluding carboxylic acids is 1. The van der Waals surface area contributed by atoms with E-state index in [0.29, 0.717) is 22.8 Å². The highest BCUT2D eigenvalue weighted by molar-refractivity contribution is 5.95. The highest BCUT2D eigenvalue weighted by atomic mass is 16.5. The number of piperidine rings is 1. The molecule has 0 radical (unpaired) electrons. The Morgan fingerprint density at radius 1 is 0.961 bits per heavy atom. The summed E-state index contributed by atoms with van der Waals surface area (Å²) in [6.07, 6.45) is 6.87. The quantitative estimate of drug-likeness (QED) is 0.130. The molecule has 1 aliphatic heterocycles. The number of para-hydroxylation sites is 1. The monoisotopic (exact) mass is 692 g/mol. The largest absolute Gasteiger partial charge is 0.497 e. The molecular formula is C40H48N6O5. The van der Waals surface area contributed by atoms with E-state index in [-0.39, 0.29) is 24.0 Å². The van der Waals surface area contributed by atoms with Gasteiger partial charge in [0, 0.05) is 56.5 Å². The van der Waals surface area contributed by atoms with Crippen LogP contribution in [0, 0.1) is 0 Å². The molecule has 3 heterocycles. The maximum absolute atomic E-state index is 14.3. The zero-order chi connectivity index (χ0) is 35.9. The maximum atomic E-state index is 14.3. The van der Waals surface area contributed by atoms with E-state index in [2.05, 4.69) is 63.5 Å². The van der Waals surface area contributed by atoms with E-state index in [1.807, 2.05) is 36.3 Å². The van der Waals surface area contributed by atoms with Crippen LogP contribution in [0.25, 0.3) is 11.0 Å². The number of rotatable bonds is 14. The first-order chi connectivity index (χ1) is 24.9. The number of anilines is 1. The van der Waals surface area contributed by atoms with Crippen LogP contribution in [0.5, 0.6) is 23.0 Å². The highest BCUT2D eigenvalue weighted by Gasteiger charge is 2.36. The Bertz CT molecular complexity index is 1880. The molecular weight excluding hydrogens is 644 g/mol. The van der Waals surface area contributed by atoms with E-state index >= 15 is 0 Å². The van der Waals surface area contributed by atoms with Crippen molar-refractivity contribution >= 4 is 22.9 Å². The van der Waals surface area contributed by atoms with Crippen LogP contribution in [-0.2, 0) is 6.42 Å². The minimum absolute atomic E-state index is 0.0463. The van der Waals surface area contributed by atoms with E-state index < -0.39 is 0 Å². The summed E-state index contributed by atoms with van der Waals surface area (Å²) in [6, 6.07) is 22.2. The van der Waals surface area contributed by atoms with Crippen LogP contribution in [0.2, 0.25) is 0 Å². The number of pyridine rings is 1. The Balaban J connectivity index is 1.23. The van der Waals surface area contributed by atoms with Gasteiger partial charge in [0.25, 0.3) is 5.91 Å². The molecule has 0 aliphatic carbocycles. The van der Waals surface area contributed by atoms with Gasteiger partial charge >= 0.3 is 0 Å². The number of H-pyrrole nitrogens is 1. The molecule has 268 valence electrons. The maximum Gasteiger partial charge on any atom is 0.255 e. The lowest BCUT2D eigenvalue weighted by atomic mass is 9.90. The van der Waals surface area contributed by atoms with Crippen molar-refractivity contribution in [2.24, 2.45) is 0 Å². The first-order valence-electron chi connectivity index (χ1n) is 17.5. The van der Waals surface area contributed by atoms with E-state index in [1.54, 1.807) is 46.8 Å². The second-order valence-corrected chi connectivity index (χ2v) is 12.9. The van der Waals surface area contributed by atoms with Crippen LogP contribution in [-0.4, -0.2) is 91.4 Å². The third-order valence-corrected chi connectivity index (χ3v) is 9.93. The van der Waals surface area contributed by atoms with Crippen LogP contribution in [0.15, 0.2) is 79.1 Å². The van der Waals surface area contributed by atoms with Gasteiger partial charge < -0.3 is 34.1 Å². The number of benzene rings is 3. The minimum atomic E-state index is -0.211. The third kappa shape index (κ3) is 7.73. The molecule has 0 bridgehead atoms. The second-order valence-electron chi connectivity index (χ2n) is 12.9. The SMILES string of the molecule is CCC(c1ccc(OC)cc1)C(N1CCC(Nc2nc3c(Cc4cccnc4)cccc3[nH]2)CC1)N(C)C(=O)c1cc(OC)c(OC)c(OC)c1. The van der Waals surface area contributed by atoms with Gasteiger partial charge in [-0.15, -0.1) is 0 Å². The van der Waals surface area contributed by atoms with Gasteiger partial charge in [0.1, 0.15) is 5.75 Å². The summed E-state index contributed by atoms with van der Waals surface area (Å²) in [5, 5.41) is 3.68. The molecule has 1 aliphatic rings. The van der Waals surface area contributed by atoms with Crippen LogP contribution in [0.1, 0.15) is 59.2 Å². The highest BCUT2D eigenvalue weighted by Crippen LogP contribution is 2.39. The molecule has 1 amide bonds. The van der Waals surface area contributed by atoms with Crippen LogP contribution < -0.4 is 24.3 Å². The van der Waals surface area contributed by atoms with Crippen molar-refractivity contribution in [3.8, 4) is 23.0 Å². The van der Waals surface area contributed by atoms with Gasteiger partial charge in [0.2, 0.25) is 11.7 Å². The molecule has 2 atom stereocenters. The third-order valence-electron chi connectivity index (χ3n) is 9.93. The van der Waals surface area contributed by atoms with E-state index in [0.717, 1.165) is 78.2 Å². The molecule has 11 nitrogen and oxygen atoms in total. The van der Waals surface area contributed by atoms with Gasteiger partial charge in [-0.25, -0.2) is 4.98 Å². The predicted octanol–water partition coefficient (Wildman–Crippen LogP) is 6.75. The number of aromatic nitrogens is 3. The van der Waals surface area contributed by atoms with Crippen molar-refractivity contribution in [1.29, 1.82) is 0 Å². The molecule has 2 unspecified atom stereocenters. The molecule has 0 spiro atoms. The van der Waals surface area contributed by atoms with Gasteiger partial charge in [0.15, 0.2) is 11.5 Å². The first-order valence-corrected chi connectivity index (χ1v) is 17.5. The number of methoxy groups -OCH3 is 4. The average Bonchev–Trinajstić information content (AvgIpc) is 3.60. The van der Waals surface area contributed by atoms with Crippen molar-refractivity contribution in [2.75, 3.05) is 53.9 Å². The molecule has 1 fully saturated rings. The van der Waals surface area contributed by atoms with Gasteiger partial charge in [0.05, 0.1) is 45.6 Å². The lowest BCUT2D eigenvalue weighted by Crippen LogP contribution is -2.55. The minimum Gasteiger partial charge on any atom is -0.497 e. The zero-order valence-electron chi connectivity index (χ0n) is 30.3. The molecule has 1 saturated heterocycles. The number of nitrogens with one attached hydrogen (secondary N) is 2. The number of hydrogen-bond donors (Lipinski definition) is 2. The summed E-state index contributed by atoms with van der Waals surface area (Å²) in [5.74, 6) is 2.82. The van der Waals surface area contributed by atoms with E-state index in [9.17, 15) is 4.79 Å². The van der Waals surface area contributed by atoms with Crippen molar-refractivity contribution < 1.29 is 23.7 Å². The molecule has 0 saturated carbocycles.